The first kappa shape index (κ1) is 27.4. The van der Waals surface area contributed by atoms with Crippen LogP contribution in [-0.2, 0) is 11.3 Å². The summed E-state index contributed by atoms with van der Waals surface area (Å²) in [5.74, 6) is 0.952. The lowest BCUT2D eigenvalue weighted by Gasteiger charge is -2.36. The molecule has 0 radical (unpaired) electrons. The standard InChI is InChI=1S/C29H36N6O2S/c1-5-15-35-27(26(21(2)3)30-28(37)23-13-11-22(4)12-14-23)31-32-29(35)38-20-25(36)34-18-16-33(17-19-34)24-9-7-6-8-10-24/h5-14,21,26H,1,15-20H2,2-4H3,(H,30,37)/t26-/m1/s1. The molecule has 2 aromatic carbocycles. The van der Waals surface area contributed by atoms with Crippen LogP contribution in [0.4, 0.5) is 5.69 Å². The highest BCUT2D eigenvalue weighted by Gasteiger charge is 2.27. The minimum Gasteiger partial charge on any atom is -0.368 e. The minimum absolute atomic E-state index is 0.0811. The predicted molar refractivity (Wildman–Crippen MR) is 152 cm³/mol. The van der Waals surface area contributed by atoms with Crippen LogP contribution < -0.4 is 10.2 Å². The van der Waals surface area contributed by atoms with E-state index in [0.717, 1.165) is 18.7 Å². The van der Waals surface area contributed by atoms with E-state index in [1.54, 1.807) is 6.08 Å². The number of carbonyl (C=O) groups excluding carboxylic acids is 2. The summed E-state index contributed by atoms with van der Waals surface area (Å²) in [6.45, 7) is 13.5. The Morgan fingerprint density at radius 2 is 1.71 bits per heavy atom. The molecule has 1 fully saturated rings. The fraction of sp³-hybridized carbons (Fsp3) is 0.379. The molecule has 0 aliphatic carbocycles. The number of rotatable bonds is 10. The average Bonchev–Trinajstić information content (AvgIpc) is 3.33. The number of nitrogens with one attached hydrogen (secondary N) is 1. The summed E-state index contributed by atoms with van der Waals surface area (Å²) in [4.78, 5) is 30.2. The van der Waals surface area contributed by atoms with E-state index in [9.17, 15) is 9.59 Å². The molecular weight excluding hydrogens is 496 g/mol. The Labute approximate surface area is 229 Å². The third kappa shape index (κ3) is 6.64. The van der Waals surface area contributed by atoms with Crippen LogP contribution in [0.2, 0.25) is 0 Å². The summed E-state index contributed by atoms with van der Waals surface area (Å²) in [5, 5.41) is 12.6. The van der Waals surface area contributed by atoms with Crippen molar-refractivity contribution in [2.45, 2.75) is 38.5 Å². The molecule has 2 amide bonds. The van der Waals surface area contributed by atoms with Gasteiger partial charge in [0.05, 0.1) is 11.8 Å². The predicted octanol–water partition coefficient (Wildman–Crippen LogP) is 4.34. The molecule has 1 saturated heterocycles. The van der Waals surface area contributed by atoms with E-state index in [0.29, 0.717) is 36.2 Å². The first-order chi connectivity index (χ1) is 18.4. The number of carbonyl (C=O) groups is 2. The summed E-state index contributed by atoms with van der Waals surface area (Å²) >= 11 is 1.38. The van der Waals surface area contributed by atoms with Crippen molar-refractivity contribution in [1.29, 1.82) is 0 Å². The van der Waals surface area contributed by atoms with Crippen LogP contribution in [0, 0.1) is 12.8 Å². The van der Waals surface area contributed by atoms with Crippen molar-refractivity contribution in [3.05, 3.63) is 84.2 Å². The molecule has 3 aromatic rings. The van der Waals surface area contributed by atoms with Crippen molar-refractivity contribution in [2.75, 3.05) is 36.8 Å². The third-order valence-corrected chi connectivity index (χ3v) is 7.63. The number of anilines is 1. The van der Waals surface area contributed by atoms with E-state index in [1.165, 1.54) is 17.4 Å². The van der Waals surface area contributed by atoms with Crippen LogP contribution in [0.3, 0.4) is 0 Å². The normalized spacial score (nSPS) is 14.4. The van der Waals surface area contributed by atoms with Crippen LogP contribution in [-0.4, -0.2) is 63.4 Å². The molecule has 0 spiro atoms. The first-order valence-electron chi connectivity index (χ1n) is 13.0. The Balaban J connectivity index is 1.40. The van der Waals surface area contributed by atoms with E-state index in [4.69, 9.17) is 0 Å². The maximum Gasteiger partial charge on any atom is 0.251 e. The quantitative estimate of drug-likeness (QED) is 0.309. The highest BCUT2D eigenvalue weighted by molar-refractivity contribution is 7.99. The van der Waals surface area contributed by atoms with Crippen molar-refractivity contribution >= 4 is 29.3 Å². The Hall–Kier alpha value is -3.59. The number of allylic oxidation sites excluding steroid dienone is 1. The molecule has 1 atom stereocenters. The molecule has 1 aromatic heterocycles. The lowest BCUT2D eigenvalue weighted by molar-refractivity contribution is -0.128. The number of hydrogen-bond donors (Lipinski definition) is 1. The van der Waals surface area contributed by atoms with Crippen LogP contribution in [0.5, 0.6) is 0 Å². The van der Waals surface area contributed by atoms with E-state index in [1.807, 2.05) is 72.7 Å². The average molecular weight is 533 g/mol. The molecule has 2 heterocycles. The van der Waals surface area contributed by atoms with Gasteiger partial charge in [-0.2, -0.15) is 0 Å². The molecule has 0 unspecified atom stereocenters. The first-order valence-corrected chi connectivity index (χ1v) is 14.0. The SMILES string of the molecule is C=CCn1c(SCC(=O)N2CCN(c3ccccc3)CC2)nnc1[C@H](NC(=O)c1ccc(C)cc1)C(C)C. The zero-order valence-corrected chi connectivity index (χ0v) is 23.2. The van der Waals surface area contributed by atoms with Gasteiger partial charge in [0, 0.05) is 44.0 Å². The van der Waals surface area contributed by atoms with Gasteiger partial charge in [-0.3, -0.25) is 9.59 Å². The Bertz CT molecular complexity index is 1230. The number of benzene rings is 2. The second-order valence-electron chi connectivity index (χ2n) is 9.79. The van der Waals surface area contributed by atoms with Crippen LogP contribution in [0.15, 0.2) is 72.4 Å². The van der Waals surface area contributed by atoms with Crippen molar-refractivity contribution in [1.82, 2.24) is 25.0 Å². The third-order valence-electron chi connectivity index (χ3n) is 6.68. The van der Waals surface area contributed by atoms with Gasteiger partial charge in [0.1, 0.15) is 0 Å². The van der Waals surface area contributed by atoms with E-state index in [-0.39, 0.29) is 29.5 Å². The zero-order valence-electron chi connectivity index (χ0n) is 22.3. The van der Waals surface area contributed by atoms with Crippen LogP contribution >= 0.6 is 11.8 Å². The summed E-state index contributed by atoms with van der Waals surface area (Å²) in [6.07, 6.45) is 1.78. The Kier molecular flexibility index (Phi) is 9.23. The zero-order chi connectivity index (χ0) is 27.1. The van der Waals surface area contributed by atoms with Gasteiger partial charge in [-0.05, 0) is 37.1 Å². The fourth-order valence-corrected chi connectivity index (χ4v) is 5.32. The lowest BCUT2D eigenvalue weighted by Crippen LogP contribution is -2.49. The minimum atomic E-state index is -0.340. The van der Waals surface area contributed by atoms with Crippen molar-refractivity contribution < 1.29 is 9.59 Å². The Morgan fingerprint density at radius 3 is 2.34 bits per heavy atom. The molecule has 4 rings (SSSR count). The molecule has 9 heteroatoms. The molecule has 8 nitrogen and oxygen atoms in total. The van der Waals surface area contributed by atoms with Crippen LogP contribution in [0.1, 0.15) is 41.6 Å². The summed E-state index contributed by atoms with van der Waals surface area (Å²) in [5.41, 5.74) is 2.89. The van der Waals surface area contributed by atoms with Crippen LogP contribution in [0.25, 0.3) is 0 Å². The molecule has 1 aliphatic heterocycles. The van der Waals surface area contributed by atoms with Gasteiger partial charge in [-0.1, -0.05) is 67.6 Å². The molecule has 0 bridgehead atoms. The highest BCUT2D eigenvalue weighted by atomic mass is 32.2. The maximum absolute atomic E-state index is 13.0. The summed E-state index contributed by atoms with van der Waals surface area (Å²) < 4.78 is 1.94. The number of nitrogens with zero attached hydrogens (tertiary/aromatic N) is 5. The van der Waals surface area contributed by atoms with Crippen molar-refractivity contribution in [3.8, 4) is 0 Å². The van der Waals surface area contributed by atoms with E-state index < -0.39 is 0 Å². The van der Waals surface area contributed by atoms with E-state index in [2.05, 4.69) is 39.1 Å². The molecule has 1 aliphatic rings. The molecule has 200 valence electrons. The summed E-state index contributed by atoms with van der Waals surface area (Å²) in [6, 6.07) is 17.4. The molecule has 1 N–H and O–H groups in total. The number of thioether (sulfide) groups is 1. The Morgan fingerprint density at radius 1 is 1.03 bits per heavy atom. The second-order valence-corrected chi connectivity index (χ2v) is 10.7. The number of para-hydroxylation sites is 1. The molecule has 0 saturated carbocycles. The number of hydrogen-bond acceptors (Lipinski definition) is 6. The van der Waals surface area contributed by atoms with Gasteiger partial charge >= 0.3 is 0 Å². The lowest BCUT2D eigenvalue weighted by atomic mass is 10.0. The van der Waals surface area contributed by atoms with E-state index >= 15 is 0 Å². The van der Waals surface area contributed by atoms with Gasteiger partial charge in [0.25, 0.3) is 5.91 Å². The van der Waals surface area contributed by atoms with Gasteiger partial charge in [0.2, 0.25) is 5.91 Å². The van der Waals surface area contributed by atoms with Gasteiger partial charge in [-0.25, -0.2) is 0 Å². The number of amides is 2. The monoisotopic (exact) mass is 532 g/mol. The largest absolute Gasteiger partial charge is 0.368 e. The molecular formula is C29H36N6O2S. The molecule has 38 heavy (non-hydrogen) atoms. The maximum atomic E-state index is 13.0. The van der Waals surface area contributed by atoms with Gasteiger partial charge < -0.3 is 19.7 Å². The second kappa shape index (κ2) is 12.8. The number of aryl methyl sites for hydroxylation is 1. The van der Waals surface area contributed by atoms with Gasteiger partial charge in [0.15, 0.2) is 11.0 Å². The summed E-state index contributed by atoms with van der Waals surface area (Å²) in [7, 11) is 0. The number of aromatic nitrogens is 3. The highest BCUT2D eigenvalue weighted by Crippen LogP contribution is 2.26. The number of piperazine rings is 1. The van der Waals surface area contributed by atoms with Gasteiger partial charge in [-0.15, -0.1) is 16.8 Å². The van der Waals surface area contributed by atoms with Crippen molar-refractivity contribution in [2.24, 2.45) is 5.92 Å². The topological polar surface area (TPSA) is 83.4 Å². The smallest absolute Gasteiger partial charge is 0.251 e. The fourth-order valence-electron chi connectivity index (χ4n) is 4.47. The van der Waals surface area contributed by atoms with Crippen molar-refractivity contribution in [3.63, 3.8) is 0 Å².